The number of ether oxygens (including phenoxy) is 1. The van der Waals surface area contributed by atoms with E-state index in [0.29, 0.717) is 6.42 Å². The summed E-state index contributed by atoms with van der Waals surface area (Å²) in [5.74, 6) is 0.193. The normalized spacial score (nSPS) is 21.5. The van der Waals surface area contributed by atoms with Gasteiger partial charge in [-0.05, 0) is 26.3 Å². The first-order valence-corrected chi connectivity index (χ1v) is 18.7. The molecule has 0 amide bonds. The zero-order chi connectivity index (χ0) is 32.9. The summed E-state index contributed by atoms with van der Waals surface area (Å²) in [7, 11) is -4.38. The molecule has 2 heterocycles. The molecule has 0 aromatic carbocycles. The lowest BCUT2D eigenvalue weighted by atomic mass is 10.0. The Hall–Kier alpha value is -1.66. The number of hydrogen-bond donors (Lipinski definition) is 3. The van der Waals surface area contributed by atoms with E-state index >= 15 is 0 Å². The number of aliphatic hydroxyl groups is 2. The Morgan fingerprint density at radius 2 is 1.42 bits per heavy atom. The van der Waals surface area contributed by atoms with E-state index in [-0.39, 0.29) is 12.4 Å². The maximum absolute atomic E-state index is 12.6. The van der Waals surface area contributed by atoms with Crippen LogP contribution in [0.25, 0.3) is 0 Å². The summed E-state index contributed by atoms with van der Waals surface area (Å²) in [6.07, 6.45) is 17.4. The van der Waals surface area contributed by atoms with Crippen molar-refractivity contribution in [3.8, 4) is 0 Å². The highest BCUT2D eigenvalue weighted by Gasteiger charge is 2.45. The van der Waals surface area contributed by atoms with Gasteiger partial charge in [-0.25, -0.2) is 14.4 Å². The van der Waals surface area contributed by atoms with E-state index in [9.17, 15) is 24.5 Å². The lowest BCUT2D eigenvalue weighted by molar-refractivity contribution is -0.0551. The average molecular weight is 659 g/mol. The van der Waals surface area contributed by atoms with Crippen LogP contribution >= 0.6 is 7.82 Å². The highest BCUT2D eigenvalue weighted by molar-refractivity contribution is 7.47. The average Bonchev–Trinajstić information content (AvgIpc) is 3.30. The molecule has 0 saturated carbocycles. The summed E-state index contributed by atoms with van der Waals surface area (Å²) in [6, 6.07) is 1.49. The van der Waals surface area contributed by atoms with Crippen molar-refractivity contribution < 1.29 is 33.5 Å². The first-order valence-electron chi connectivity index (χ1n) is 17.2. The molecule has 1 aliphatic heterocycles. The van der Waals surface area contributed by atoms with Crippen molar-refractivity contribution in [2.45, 2.75) is 148 Å². The van der Waals surface area contributed by atoms with Gasteiger partial charge < -0.3 is 24.7 Å². The predicted octanol–water partition coefficient (Wildman–Crippen LogP) is 6.26. The molecular weight excluding hydrogens is 599 g/mol. The lowest BCUT2D eigenvalue weighted by Crippen LogP contribution is -2.36. The van der Waals surface area contributed by atoms with Crippen molar-refractivity contribution in [2.24, 2.45) is 4.99 Å². The summed E-state index contributed by atoms with van der Waals surface area (Å²) >= 11 is 0. The zero-order valence-corrected chi connectivity index (χ0v) is 28.7. The quantitative estimate of drug-likeness (QED) is 0.0449. The van der Waals surface area contributed by atoms with Crippen molar-refractivity contribution >= 4 is 20.0 Å². The zero-order valence-electron chi connectivity index (χ0n) is 27.8. The molecule has 12 nitrogen and oxygen atoms in total. The third-order valence-corrected chi connectivity index (χ3v) is 9.23. The maximum Gasteiger partial charge on any atom is 0.472 e. The fourth-order valence-corrected chi connectivity index (χ4v) is 6.10. The van der Waals surface area contributed by atoms with Gasteiger partial charge >= 0.3 is 13.5 Å². The van der Waals surface area contributed by atoms with E-state index in [0.717, 1.165) is 36.9 Å². The predicted molar refractivity (Wildman–Crippen MR) is 177 cm³/mol. The minimum Gasteiger partial charge on any atom is -0.387 e. The Bertz CT molecular complexity index is 1050. The van der Waals surface area contributed by atoms with Crippen LogP contribution < -0.4 is 5.69 Å². The maximum atomic E-state index is 12.6. The Morgan fingerprint density at radius 3 is 1.93 bits per heavy atom. The Balaban J connectivity index is 1.58. The van der Waals surface area contributed by atoms with Crippen LogP contribution in [0.3, 0.4) is 0 Å². The second kappa shape index (κ2) is 22.8. The van der Waals surface area contributed by atoms with Crippen molar-refractivity contribution in [3.63, 3.8) is 0 Å². The van der Waals surface area contributed by atoms with Crippen LogP contribution in [0.1, 0.15) is 130 Å². The molecule has 1 aromatic heterocycles. The molecule has 0 radical (unpaired) electrons. The number of rotatable bonds is 26. The van der Waals surface area contributed by atoms with Crippen molar-refractivity contribution in [3.05, 3.63) is 22.7 Å². The van der Waals surface area contributed by atoms with E-state index in [1.165, 1.54) is 89.3 Å². The summed E-state index contributed by atoms with van der Waals surface area (Å²) in [6.45, 7) is 7.30. The molecule has 13 heteroatoms. The topological polar surface area (TPSA) is 156 Å². The summed E-state index contributed by atoms with van der Waals surface area (Å²) in [5, 5.41) is 20.9. The second-order valence-corrected chi connectivity index (χ2v) is 13.3. The molecular formula is C32H59N4O8P. The highest BCUT2D eigenvalue weighted by atomic mass is 31.2. The number of hydrogen-bond acceptors (Lipinski definition) is 9. The first-order chi connectivity index (χ1) is 21.7. The monoisotopic (exact) mass is 658 g/mol. The Labute approximate surface area is 269 Å². The van der Waals surface area contributed by atoms with Crippen LogP contribution in [0, 0.1) is 0 Å². The molecule has 3 N–H and O–H groups in total. The van der Waals surface area contributed by atoms with Crippen LogP contribution in [-0.4, -0.2) is 80.5 Å². The number of phosphoric acid groups is 1. The molecule has 5 atom stereocenters. The molecule has 1 aliphatic rings. The van der Waals surface area contributed by atoms with Crippen molar-refractivity contribution in [2.75, 3.05) is 26.3 Å². The van der Waals surface area contributed by atoms with Gasteiger partial charge in [0.1, 0.15) is 18.3 Å². The van der Waals surface area contributed by atoms with Gasteiger partial charge in [0.2, 0.25) is 0 Å². The van der Waals surface area contributed by atoms with Crippen LogP contribution in [-0.2, 0) is 18.3 Å². The fraction of sp³-hybridized carbons (Fsp3) is 0.844. The standard InChI is InChI=1S/C32H59N4O8P/c1-4-7-8-9-10-11-12-13-14-15-16-17-18-19-20-21-24-42-45(40,41)43-25-27-29(37)30(38)31(44-27)36-23-22-28(34-32(36)39)33-26-35(5-2)6-3/h22-23,26-27,29-31,37-38H,4-21,24-25H2,1-3H3,(H,40,41)/t27-,29?,30?,31-/m1/s1. The molecule has 3 unspecified atom stereocenters. The number of phosphoric ester groups is 1. The van der Waals surface area contributed by atoms with Gasteiger partial charge in [0.25, 0.3) is 0 Å². The minimum absolute atomic E-state index is 0.0791. The lowest BCUT2D eigenvalue weighted by Gasteiger charge is -2.18. The number of unbranched alkanes of at least 4 members (excludes halogenated alkanes) is 15. The van der Waals surface area contributed by atoms with Crippen LogP contribution in [0.2, 0.25) is 0 Å². The smallest absolute Gasteiger partial charge is 0.387 e. The Kier molecular flexibility index (Phi) is 20.0. The molecule has 2 rings (SSSR count). The fourth-order valence-electron chi connectivity index (χ4n) is 5.33. The largest absolute Gasteiger partial charge is 0.472 e. The van der Waals surface area contributed by atoms with E-state index < -0.39 is 44.7 Å². The van der Waals surface area contributed by atoms with Crippen LogP contribution in [0.4, 0.5) is 5.82 Å². The van der Waals surface area contributed by atoms with Crippen molar-refractivity contribution in [1.29, 1.82) is 0 Å². The van der Waals surface area contributed by atoms with Crippen LogP contribution in [0.5, 0.6) is 0 Å². The van der Waals surface area contributed by atoms with Gasteiger partial charge in [0.05, 0.1) is 19.6 Å². The molecule has 0 aliphatic carbocycles. The van der Waals surface area contributed by atoms with Crippen molar-refractivity contribution in [1.82, 2.24) is 14.5 Å². The molecule has 260 valence electrons. The van der Waals surface area contributed by atoms with E-state index in [1.807, 2.05) is 18.7 Å². The van der Waals surface area contributed by atoms with E-state index in [2.05, 4.69) is 16.9 Å². The van der Waals surface area contributed by atoms with Gasteiger partial charge in [-0.15, -0.1) is 0 Å². The minimum atomic E-state index is -4.38. The third kappa shape index (κ3) is 15.7. The van der Waals surface area contributed by atoms with Gasteiger partial charge in [-0.3, -0.25) is 13.6 Å². The van der Waals surface area contributed by atoms with Gasteiger partial charge in [-0.1, -0.05) is 103 Å². The molecule has 0 spiro atoms. The molecule has 1 fully saturated rings. The van der Waals surface area contributed by atoms with E-state index in [4.69, 9.17) is 13.8 Å². The number of aliphatic imine (C=N–C) groups is 1. The van der Waals surface area contributed by atoms with Crippen LogP contribution in [0.15, 0.2) is 22.1 Å². The summed E-state index contributed by atoms with van der Waals surface area (Å²) in [5.41, 5.74) is -0.725. The summed E-state index contributed by atoms with van der Waals surface area (Å²) in [4.78, 5) is 32.7. The summed E-state index contributed by atoms with van der Waals surface area (Å²) < 4.78 is 29.1. The highest BCUT2D eigenvalue weighted by Crippen LogP contribution is 2.44. The van der Waals surface area contributed by atoms with E-state index in [1.54, 1.807) is 6.34 Å². The van der Waals surface area contributed by atoms with Gasteiger partial charge in [0.15, 0.2) is 12.0 Å². The Morgan fingerprint density at radius 1 is 0.889 bits per heavy atom. The van der Waals surface area contributed by atoms with Gasteiger partial charge in [0, 0.05) is 19.3 Å². The third-order valence-electron chi connectivity index (χ3n) is 8.25. The molecule has 1 aromatic rings. The molecule has 0 bridgehead atoms. The molecule has 45 heavy (non-hydrogen) atoms. The number of aliphatic hydroxyl groups excluding tert-OH is 2. The molecule has 1 saturated heterocycles. The van der Waals surface area contributed by atoms with Gasteiger partial charge in [-0.2, -0.15) is 4.98 Å². The second-order valence-electron chi connectivity index (χ2n) is 11.9. The SMILES string of the molecule is CCCCCCCCCCCCCCCCCCOP(=O)(O)OC[C@H]1O[C@@H](n2ccc(N=CN(CC)CC)nc2=O)C(O)C1O. The number of nitrogens with zero attached hydrogens (tertiary/aromatic N) is 4. The first kappa shape index (κ1) is 39.5. The number of aromatic nitrogens is 2.